The smallest absolute Gasteiger partial charge is 0.248 e. The van der Waals surface area contributed by atoms with Crippen molar-refractivity contribution < 1.29 is 9.90 Å². The lowest BCUT2D eigenvalue weighted by molar-refractivity contribution is -0.123. The van der Waals surface area contributed by atoms with E-state index in [-0.39, 0.29) is 12.0 Å². The highest BCUT2D eigenvalue weighted by Crippen LogP contribution is 2.30. The molecule has 1 fully saturated rings. The van der Waals surface area contributed by atoms with Gasteiger partial charge in [0.2, 0.25) is 5.91 Å². The molecule has 0 spiro atoms. The number of hydrogen-bond donors (Lipinski definition) is 1. The van der Waals surface area contributed by atoms with Gasteiger partial charge < -0.3 is 10.0 Å². The van der Waals surface area contributed by atoms with E-state index in [4.69, 9.17) is 0 Å². The van der Waals surface area contributed by atoms with Crippen LogP contribution >= 0.6 is 0 Å². The van der Waals surface area contributed by atoms with Crippen LogP contribution in [0.4, 0.5) is 5.69 Å². The van der Waals surface area contributed by atoms with Crippen LogP contribution < -0.4 is 4.90 Å². The first-order valence-electron chi connectivity index (χ1n) is 11.8. The lowest BCUT2D eigenvalue weighted by Gasteiger charge is -2.33. The number of likely N-dealkylation sites (tertiary alicyclic amines) is 1. The molecule has 2 atom stereocenters. The van der Waals surface area contributed by atoms with Crippen LogP contribution in [-0.2, 0) is 11.2 Å². The van der Waals surface area contributed by atoms with Crippen molar-refractivity contribution in [3.8, 4) is 0 Å². The lowest BCUT2D eigenvalue weighted by Crippen LogP contribution is -2.43. The normalized spacial score (nSPS) is 17.2. The van der Waals surface area contributed by atoms with Gasteiger partial charge in [-0.25, -0.2) is 0 Å². The molecule has 0 aromatic heterocycles. The van der Waals surface area contributed by atoms with E-state index in [2.05, 4.69) is 68.1 Å². The van der Waals surface area contributed by atoms with Crippen LogP contribution in [0.5, 0.6) is 0 Å². The lowest BCUT2D eigenvalue weighted by atomic mass is 10.0. The van der Waals surface area contributed by atoms with Crippen LogP contribution in [0.1, 0.15) is 40.3 Å². The zero-order chi connectivity index (χ0) is 23.4. The van der Waals surface area contributed by atoms with Crippen LogP contribution in [0.2, 0.25) is 0 Å². The summed E-state index contributed by atoms with van der Waals surface area (Å²) in [5, 5.41) is 10.2. The highest BCUT2D eigenvalue weighted by molar-refractivity contribution is 5.98. The minimum atomic E-state index is -0.414. The number of hydrogen-bond acceptors (Lipinski definition) is 3. The fraction of sp³-hybridized carbons (Fsp3) is 0.345. The second kappa shape index (κ2) is 10.3. The predicted molar refractivity (Wildman–Crippen MR) is 135 cm³/mol. The Morgan fingerprint density at radius 2 is 1.73 bits per heavy atom. The SMILES string of the molecule is Cc1ccc(CCN(C(=O)C(c2ccccc2)N2CCC(O)C2)c2ccc(C)c(C)c2)cc1. The van der Waals surface area contributed by atoms with Gasteiger partial charge in [-0.3, -0.25) is 9.69 Å². The fourth-order valence-electron chi connectivity index (χ4n) is 4.55. The third-order valence-electron chi connectivity index (χ3n) is 6.72. The van der Waals surface area contributed by atoms with Crippen molar-refractivity contribution in [3.05, 3.63) is 101 Å². The van der Waals surface area contributed by atoms with Gasteiger partial charge in [-0.1, -0.05) is 66.2 Å². The maximum Gasteiger partial charge on any atom is 0.248 e. The van der Waals surface area contributed by atoms with E-state index in [1.165, 1.54) is 22.3 Å². The summed E-state index contributed by atoms with van der Waals surface area (Å²) in [4.78, 5) is 18.3. The van der Waals surface area contributed by atoms with Crippen LogP contribution in [0.25, 0.3) is 0 Å². The highest BCUT2D eigenvalue weighted by Gasteiger charge is 2.35. The number of nitrogens with zero attached hydrogens (tertiary/aromatic N) is 2. The van der Waals surface area contributed by atoms with Crippen molar-refractivity contribution in [3.63, 3.8) is 0 Å². The first-order chi connectivity index (χ1) is 15.9. The average Bonchev–Trinajstić information content (AvgIpc) is 3.24. The molecule has 4 nitrogen and oxygen atoms in total. The largest absolute Gasteiger partial charge is 0.392 e. The topological polar surface area (TPSA) is 43.8 Å². The molecular weight excluding hydrogens is 408 g/mol. The summed E-state index contributed by atoms with van der Waals surface area (Å²) in [5.74, 6) is 0.0608. The summed E-state index contributed by atoms with van der Waals surface area (Å²) < 4.78 is 0. The number of amides is 1. The number of β-amino-alcohol motifs (C(OH)–C–C–N with tert-alkyl or cyclic N) is 1. The molecule has 4 rings (SSSR count). The van der Waals surface area contributed by atoms with Crippen LogP contribution in [0.3, 0.4) is 0 Å². The van der Waals surface area contributed by atoms with Gasteiger partial charge in [0.25, 0.3) is 0 Å². The molecule has 1 heterocycles. The van der Waals surface area contributed by atoms with Crippen molar-refractivity contribution in [1.29, 1.82) is 0 Å². The molecular formula is C29H34N2O2. The van der Waals surface area contributed by atoms with Crippen molar-refractivity contribution in [1.82, 2.24) is 4.90 Å². The van der Waals surface area contributed by atoms with E-state index >= 15 is 0 Å². The number of carbonyl (C=O) groups is 1. The van der Waals surface area contributed by atoms with Gasteiger partial charge in [-0.2, -0.15) is 0 Å². The van der Waals surface area contributed by atoms with Gasteiger partial charge >= 0.3 is 0 Å². The molecule has 2 unspecified atom stereocenters. The molecule has 0 aliphatic carbocycles. The minimum Gasteiger partial charge on any atom is -0.392 e. The predicted octanol–water partition coefficient (Wildman–Crippen LogP) is 5.00. The molecule has 3 aromatic carbocycles. The number of aliphatic hydroxyl groups excluding tert-OH is 1. The summed E-state index contributed by atoms with van der Waals surface area (Å²) in [6.07, 6.45) is 1.10. The average molecular weight is 443 g/mol. The Kier molecular flexibility index (Phi) is 7.26. The van der Waals surface area contributed by atoms with Crippen LogP contribution in [0, 0.1) is 20.8 Å². The number of aryl methyl sites for hydroxylation is 3. The molecule has 4 heteroatoms. The molecule has 3 aromatic rings. The van der Waals surface area contributed by atoms with E-state index in [0.717, 1.165) is 17.7 Å². The van der Waals surface area contributed by atoms with Crippen molar-refractivity contribution in [2.75, 3.05) is 24.5 Å². The Hall–Kier alpha value is -2.95. The van der Waals surface area contributed by atoms with E-state index in [1.54, 1.807) is 0 Å². The molecule has 0 radical (unpaired) electrons. The molecule has 33 heavy (non-hydrogen) atoms. The molecule has 1 N–H and O–H groups in total. The Bertz CT molecular complexity index is 1080. The fourth-order valence-corrected chi connectivity index (χ4v) is 4.55. The van der Waals surface area contributed by atoms with Crippen LogP contribution in [0.15, 0.2) is 72.8 Å². The van der Waals surface area contributed by atoms with Gasteiger partial charge in [0.15, 0.2) is 0 Å². The number of anilines is 1. The molecule has 1 aliphatic rings. The van der Waals surface area contributed by atoms with Gasteiger partial charge in [0, 0.05) is 25.3 Å². The van der Waals surface area contributed by atoms with E-state index in [1.807, 2.05) is 35.2 Å². The minimum absolute atomic E-state index is 0.0608. The Morgan fingerprint density at radius 3 is 2.36 bits per heavy atom. The Morgan fingerprint density at radius 1 is 1.00 bits per heavy atom. The Balaban J connectivity index is 1.68. The van der Waals surface area contributed by atoms with E-state index in [0.29, 0.717) is 26.1 Å². The molecule has 1 saturated heterocycles. The molecule has 1 amide bonds. The first kappa shape index (κ1) is 23.2. The van der Waals surface area contributed by atoms with Gasteiger partial charge in [0.05, 0.1) is 6.10 Å². The zero-order valence-electron chi connectivity index (χ0n) is 19.9. The first-order valence-corrected chi connectivity index (χ1v) is 11.8. The summed E-state index contributed by atoms with van der Waals surface area (Å²) in [6, 6.07) is 24.3. The maximum absolute atomic E-state index is 14.2. The summed E-state index contributed by atoms with van der Waals surface area (Å²) in [7, 11) is 0. The monoisotopic (exact) mass is 442 g/mol. The van der Waals surface area contributed by atoms with Crippen molar-refractivity contribution in [2.24, 2.45) is 0 Å². The van der Waals surface area contributed by atoms with Gasteiger partial charge in [-0.15, -0.1) is 0 Å². The highest BCUT2D eigenvalue weighted by atomic mass is 16.3. The summed E-state index contributed by atoms with van der Waals surface area (Å²) in [6.45, 7) is 8.10. The molecule has 1 aliphatic heterocycles. The van der Waals surface area contributed by atoms with E-state index in [9.17, 15) is 9.90 Å². The number of aliphatic hydroxyl groups is 1. The van der Waals surface area contributed by atoms with Crippen LogP contribution in [-0.4, -0.2) is 41.7 Å². The third kappa shape index (κ3) is 5.52. The molecule has 0 bridgehead atoms. The van der Waals surface area contributed by atoms with Gasteiger partial charge in [-0.05, 0) is 68.0 Å². The second-order valence-electron chi connectivity index (χ2n) is 9.24. The maximum atomic E-state index is 14.2. The number of benzene rings is 3. The number of carbonyl (C=O) groups excluding carboxylic acids is 1. The summed E-state index contributed by atoms with van der Waals surface area (Å²) in [5.41, 5.74) is 6.74. The molecule has 172 valence electrons. The standard InChI is InChI=1S/C29H34N2O2/c1-21-9-12-24(13-10-21)15-18-31(26-14-11-22(2)23(3)19-26)29(33)28(25-7-5-4-6-8-25)30-17-16-27(32)20-30/h4-14,19,27-28,32H,15-18,20H2,1-3H3. The molecule has 0 saturated carbocycles. The zero-order valence-corrected chi connectivity index (χ0v) is 19.9. The van der Waals surface area contributed by atoms with Crippen molar-refractivity contribution >= 4 is 11.6 Å². The van der Waals surface area contributed by atoms with Gasteiger partial charge in [0.1, 0.15) is 6.04 Å². The van der Waals surface area contributed by atoms with E-state index < -0.39 is 6.04 Å². The quantitative estimate of drug-likeness (QED) is 0.560. The third-order valence-corrected chi connectivity index (χ3v) is 6.72. The second-order valence-corrected chi connectivity index (χ2v) is 9.24. The summed E-state index contributed by atoms with van der Waals surface area (Å²) >= 11 is 0. The number of rotatable bonds is 7. The Labute approximate surface area is 197 Å². The van der Waals surface area contributed by atoms with Crippen molar-refractivity contribution in [2.45, 2.75) is 45.8 Å².